The van der Waals surface area contributed by atoms with Gasteiger partial charge in [-0.1, -0.05) is 0 Å². The van der Waals surface area contributed by atoms with Gasteiger partial charge in [0.25, 0.3) is 0 Å². The van der Waals surface area contributed by atoms with Crippen LogP contribution in [0.4, 0.5) is 0 Å². The zero-order chi connectivity index (χ0) is 11.7. The highest BCUT2D eigenvalue weighted by molar-refractivity contribution is 6.18. The second-order valence-electron chi connectivity index (χ2n) is 4.41. The number of hydrogen-bond acceptors (Lipinski definition) is 2. The molecule has 0 atom stereocenters. The van der Waals surface area contributed by atoms with Crippen molar-refractivity contribution in [2.45, 2.75) is 25.2 Å². The van der Waals surface area contributed by atoms with Gasteiger partial charge in [0.1, 0.15) is 0 Å². The number of hydrogen-bond donors (Lipinski definition) is 1. The molecule has 1 aliphatic rings. The molecule has 0 saturated heterocycles. The summed E-state index contributed by atoms with van der Waals surface area (Å²) in [5, 5.41) is 7.65. The highest BCUT2D eigenvalue weighted by Crippen LogP contribution is 2.42. The molecule has 0 aromatic carbocycles. The number of aromatic amines is 1. The smallest absolute Gasteiger partial charge is 0.0957 e. The van der Waals surface area contributed by atoms with E-state index in [0.717, 1.165) is 17.7 Å². The average molecular weight is 248 g/mol. The van der Waals surface area contributed by atoms with Gasteiger partial charge in [-0.25, -0.2) is 0 Å². The van der Waals surface area contributed by atoms with Crippen LogP contribution in [0.2, 0.25) is 0 Å². The van der Waals surface area contributed by atoms with Gasteiger partial charge in [-0.2, -0.15) is 5.10 Å². The van der Waals surface area contributed by atoms with Crippen LogP contribution >= 0.6 is 11.6 Å². The second-order valence-corrected chi connectivity index (χ2v) is 4.79. The van der Waals surface area contributed by atoms with Gasteiger partial charge in [0.2, 0.25) is 0 Å². The van der Waals surface area contributed by atoms with Crippen LogP contribution in [0.5, 0.6) is 0 Å². The Bertz CT molecular complexity index is 503. The van der Waals surface area contributed by atoms with Crippen molar-refractivity contribution in [3.05, 3.63) is 35.8 Å². The Morgan fingerprint density at radius 1 is 1.29 bits per heavy atom. The van der Waals surface area contributed by atoms with E-state index >= 15 is 0 Å². The lowest BCUT2D eigenvalue weighted by atomic mass is 10.0. The predicted molar refractivity (Wildman–Crippen MR) is 68.2 cm³/mol. The molecule has 1 aliphatic carbocycles. The van der Waals surface area contributed by atoms with Gasteiger partial charge in [0.05, 0.1) is 5.69 Å². The third-order valence-corrected chi connectivity index (χ3v) is 3.37. The van der Waals surface area contributed by atoms with Crippen LogP contribution in [0.3, 0.4) is 0 Å². The topological polar surface area (TPSA) is 41.6 Å². The standard InChI is InChI=1S/C13H14ClN3/c14-6-3-11-12(9-1-2-9)16-17-13(11)10-4-7-15-8-5-10/h4-5,7-9H,1-3,6H2,(H,16,17). The maximum absolute atomic E-state index is 5.90. The maximum Gasteiger partial charge on any atom is 0.0957 e. The fraction of sp³-hybridized carbons (Fsp3) is 0.385. The van der Waals surface area contributed by atoms with Gasteiger partial charge in [-0.05, 0) is 31.4 Å². The lowest BCUT2D eigenvalue weighted by molar-refractivity contribution is 0.947. The summed E-state index contributed by atoms with van der Waals surface area (Å²) < 4.78 is 0. The first-order valence-electron chi connectivity index (χ1n) is 5.93. The molecule has 0 aliphatic heterocycles. The number of pyridine rings is 1. The summed E-state index contributed by atoms with van der Waals surface area (Å²) in [4.78, 5) is 4.04. The molecule has 0 bridgehead atoms. The van der Waals surface area contributed by atoms with Crippen LogP contribution in [0.15, 0.2) is 24.5 Å². The highest BCUT2D eigenvalue weighted by Gasteiger charge is 2.29. The Kier molecular flexibility index (Phi) is 2.85. The molecule has 0 amide bonds. The Morgan fingerprint density at radius 3 is 2.71 bits per heavy atom. The molecule has 1 saturated carbocycles. The van der Waals surface area contributed by atoms with Gasteiger partial charge in [-0.3, -0.25) is 10.1 Å². The van der Waals surface area contributed by atoms with E-state index in [1.807, 2.05) is 12.1 Å². The minimum Gasteiger partial charge on any atom is -0.281 e. The number of nitrogens with zero attached hydrogens (tertiary/aromatic N) is 2. The lowest BCUT2D eigenvalue weighted by Gasteiger charge is -2.03. The Morgan fingerprint density at radius 2 is 2.06 bits per heavy atom. The van der Waals surface area contributed by atoms with Crippen molar-refractivity contribution in [1.82, 2.24) is 15.2 Å². The van der Waals surface area contributed by atoms with E-state index in [0.29, 0.717) is 11.8 Å². The highest BCUT2D eigenvalue weighted by atomic mass is 35.5. The molecule has 3 rings (SSSR count). The van der Waals surface area contributed by atoms with Crippen LogP contribution in [0, 0.1) is 0 Å². The van der Waals surface area contributed by atoms with Crippen molar-refractivity contribution in [2.75, 3.05) is 5.88 Å². The molecule has 88 valence electrons. The number of aromatic nitrogens is 3. The Labute approximate surface area is 105 Å². The molecule has 2 aromatic rings. The zero-order valence-corrected chi connectivity index (χ0v) is 10.2. The summed E-state index contributed by atoms with van der Waals surface area (Å²) in [6.45, 7) is 0. The van der Waals surface area contributed by atoms with E-state index in [4.69, 9.17) is 11.6 Å². The first-order valence-corrected chi connectivity index (χ1v) is 6.47. The molecule has 0 radical (unpaired) electrons. The molecule has 17 heavy (non-hydrogen) atoms. The molecule has 1 fully saturated rings. The number of halogens is 1. The summed E-state index contributed by atoms with van der Waals surface area (Å²) in [6, 6.07) is 3.98. The normalized spacial score (nSPS) is 15.1. The first-order chi connectivity index (χ1) is 8.40. The number of nitrogens with one attached hydrogen (secondary N) is 1. The number of H-pyrrole nitrogens is 1. The van der Waals surface area contributed by atoms with Crippen LogP contribution < -0.4 is 0 Å². The molecule has 2 heterocycles. The fourth-order valence-electron chi connectivity index (χ4n) is 2.18. The van der Waals surface area contributed by atoms with Gasteiger partial charge in [0, 0.05) is 41.0 Å². The van der Waals surface area contributed by atoms with Crippen LogP contribution in [-0.4, -0.2) is 21.1 Å². The summed E-state index contributed by atoms with van der Waals surface area (Å²) in [5.74, 6) is 1.31. The molecule has 0 unspecified atom stereocenters. The van der Waals surface area contributed by atoms with Crippen molar-refractivity contribution in [3.63, 3.8) is 0 Å². The summed E-state index contributed by atoms with van der Waals surface area (Å²) in [7, 11) is 0. The van der Waals surface area contributed by atoms with Crippen molar-refractivity contribution in [3.8, 4) is 11.3 Å². The molecular weight excluding hydrogens is 234 g/mol. The quantitative estimate of drug-likeness (QED) is 0.844. The van der Waals surface area contributed by atoms with E-state index in [2.05, 4.69) is 15.2 Å². The number of alkyl halides is 1. The SMILES string of the molecule is ClCCc1c(-c2ccncc2)n[nH]c1C1CC1. The summed E-state index contributed by atoms with van der Waals surface area (Å²) in [5.41, 5.74) is 4.73. The van der Waals surface area contributed by atoms with Crippen molar-refractivity contribution < 1.29 is 0 Å². The molecular formula is C13H14ClN3. The Balaban J connectivity index is 2.04. The van der Waals surface area contributed by atoms with E-state index in [9.17, 15) is 0 Å². The average Bonchev–Trinajstić information content (AvgIpc) is 3.13. The second kappa shape index (κ2) is 4.49. The molecule has 3 nitrogen and oxygen atoms in total. The molecule has 2 aromatic heterocycles. The van der Waals surface area contributed by atoms with Gasteiger partial charge in [0.15, 0.2) is 0 Å². The van der Waals surface area contributed by atoms with E-state index < -0.39 is 0 Å². The van der Waals surface area contributed by atoms with Crippen LogP contribution in [0.25, 0.3) is 11.3 Å². The van der Waals surface area contributed by atoms with E-state index in [-0.39, 0.29) is 0 Å². The van der Waals surface area contributed by atoms with Gasteiger partial charge in [-0.15, -0.1) is 11.6 Å². The summed E-state index contributed by atoms with van der Waals surface area (Å²) >= 11 is 5.90. The lowest BCUT2D eigenvalue weighted by Crippen LogP contribution is -1.93. The van der Waals surface area contributed by atoms with E-state index in [1.54, 1.807) is 12.4 Å². The van der Waals surface area contributed by atoms with Crippen LogP contribution in [-0.2, 0) is 6.42 Å². The first kappa shape index (κ1) is 10.8. The van der Waals surface area contributed by atoms with Crippen molar-refractivity contribution in [2.24, 2.45) is 0 Å². The molecule has 4 heteroatoms. The minimum atomic E-state index is 0.636. The monoisotopic (exact) mass is 247 g/mol. The fourth-order valence-corrected chi connectivity index (χ4v) is 2.37. The Hall–Kier alpha value is -1.35. The largest absolute Gasteiger partial charge is 0.281 e. The molecule has 0 spiro atoms. The van der Waals surface area contributed by atoms with E-state index in [1.165, 1.54) is 24.1 Å². The van der Waals surface area contributed by atoms with Gasteiger partial charge >= 0.3 is 0 Å². The third kappa shape index (κ3) is 2.07. The molecule has 1 N–H and O–H groups in total. The van der Waals surface area contributed by atoms with Crippen LogP contribution in [0.1, 0.15) is 30.0 Å². The minimum absolute atomic E-state index is 0.636. The van der Waals surface area contributed by atoms with Gasteiger partial charge < -0.3 is 0 Å². The summed E-state index contributed by atoms with van der Waals surface area (Å²) in [6.07, 6.45) is 7.01. The maximum atomic E-state index is 5.90. The number of rotatable bonds is 4. The third-order valence-electron chi connectivity index (χ3n) is 3.18. The zero-order valence-electron chi connectivity index (χ0n) is 9.49. The van der Waals surface area contributed by atoms with Crippen molar-refractivity contribution >= 4 is 11.6 Å². The van der Waals surface area contributed by atoms with Crippen molar-refractivity contribution in [1.29, 1.82) is 0 Å². The predicted octanol–water partition coefficient (Wildman–Crippen LogP) is 3.13.